The standard InChI is InChI=1S/C32H37F3N4O5/c1-17(21-12-22(32(33,34)35)14-23(13-21)39-30(41)44-31(3,4)5)36-28-25-15-24(19-8-10-20(11-9-19)29(40)43-7)27(42-6)16-26(25)37-18(2)38-28/h8,12-17,20H,9-11H2,1-7H3,(H,39,41)(H,36,37,38)/t17-,20?/m1/s1. The lowest BCUT2D eigenvalue weighted by molar-refractivity contribution is -0.145. The van der Waals surface area contributed by atoms with Crippen molar-refractivity contribution in [2.45, 2.75) is 71.7 Å². The quantitative estimate of drug-likeness (QED) is 0.259. The van der Waals surface area contributed by atoms with Crippen LogP contribution in [0.1, 0.15) is 75.5 Å². The highest BCUT2D eigenvalue weighted by atomic mass is 19.4. The number of carbonyl (C=O) groups excluding carboxylic acids is 2. The summed E-state index contributed by atoms with van der Waals surface area (Å²) in [5.74, 6) is 1.03. The summed E-state index contributed by atoms with van der Waals surface area (Å²) in [6.07, 6.45) is -1.72. The molecule has 4 rings (SSSR count). The lowest BCUT2D eigenvalue weighted by Gasteiger charge is -2.23. The van der Waals surface area contributed by atoms with Crippen molar-refractivity contribution in [3.63, 3.8) is 0 Å². The maximum Gasteiger partial charge on any atom is 0.416 e. The third kappa shape index (κ3) is 7.78. The summed E-state index contributed by atoms with van der Waals surface area (Å²) in [5, 5.41) is 6.31. The minimum absolute atomic E-state index is 0.0528. The molecular formula is C32H37F3N4O5. The Labute approximate surface area is 254 Å². The van der Waals surface area contributed by atoms with Gasteiger partial charge in [0.15, 0.2) is 0 Å². The van der Waals surface area contributed by atoms with E-state index in [9.17, 15) is 22.8 Å². The molecule has 2 atom stereocenters. The van der Waals surface area contributed by atoms with Gasteiger partial charge < -0.3 is 19.5 Å². The highest BCUT2D eigenvalue weighted by molar-refractivity contribution is 5.94. The number of ether oxygens (including phenoxy) is 3. The molecule has 0 bridgehead atoms. The van der Waals surface area contributed by atoms with Gasteiger partial charge in [-0.15, -0.1) is 0 Å². The molecule has 3 aromatic rings. The minimum Gasteiger partial charge on any atom is -0.496 e. The zero-order valence-electron chi connectivity index (χ0n) is 25.8. The van der Waals surface area contributed by atoms with Gasteiger partial charge in [0.25, 0.3) is 0 Å². The zero-order valence-corrected chi connectivity index (χ0v) is 25.8. The van der Waals surface area contributed by atoms with Gasteiger partial charge in [-0.05, 0) is 89.3 Å². The van der Waals surface area contributed by atoms with Crippen molar-refractivity contribution in [1.82, 2.24) is 9.97 Å². The summed E-state index contributed by atoms with van der Waals surface area (Å²) in [4.78, 5) is 33.5. The van der Waals surface area contributed by atoms with Crippen LogP contribution in [0.2, 0.25) is 0 Å². The van der Waals surface area contributed by atoms with E-state index < -0.39 is 29.5 Å². The third-order valence-corrected chi connectivity index (χ3v) is 7.20. The predicted octanol–water partition coefficient (Wildman–Crippen LogP) is 7.84. The Morgan fingerprint density at radius 2 is 1.77 bits per heavy atom. The molecular weight excluding hydrogens is 577 g/mol. The first-order valence-corrected chi connectivity index (χ1v) is 14.2. The largest absolute Gasteiger partial charge is 0.496 e. The molecule has 1 unspecified atom stereocenters. The first-order chi connectivity index (χ1) is 20.6. The van der Waals surface area contributed by atoms with Crippen LogP contribution < -0.4 is 15.4 Å². The SMILES string of the molecule is COC(=O)C1CC=C(c2cc3c(N[C@H](C)c4cc(NC(=O)OC(C)(C)C)cc(C(F)(F)F)c4)nc(C)nc3cc2OC)CC1. The van der Waals surface area contributed by atoms with E-state index in [2.05, 4.69) is 20.6 Å². The van der Waals surface area contributed by atoms with Crippen molar-refractivity contribution >= 4 is 40.0 Å². The molecule has 2 N–H and O–H groups in total. The lowest BCUT2D eigenvalue weighted by atomic mass is 9.86. The number of carbonyl (C=O) groups is 2. The molecule has 9 nitrogen and oxygen atoms in total. The molecule has 44 heavy (non-hydrogen) atoms. The summed E-state index contributed by atoms with van der Waals surface area (Å²) >= 11 is 0. The number of halogens is 3. The van der Waals surface area contributed by atoms with Crippen LogP contribution in [0.3, 0.4) is 0 Å². The molecule has 236 valence electrons. The van der Waals surface area contributed by atoms with E-state index in [1.54, 1.807) is 47.8 Å². The first kappa shape index (κ1) is 32.6. The number of nitrogens with zero attached hydrogens (tertiary/aromatic N) is 2. The molecule has 0 saturated heterocycles. The molecule has 1 aliphatic carbocycles. The van der Waals surface area contributed by atoms with Gasteiger partial charge in [-0.3, -0.25) is 10.1 Å². The third-order valence-electron chi connectivity index (χ3n) is 7.20. The Morgan fingerprint density at radius 3 is 2.36 bits per heavy atom. The maximum absolute atomic E-state index is 13.9. The number of methoxy groups -OCH3 is 2. The van der Waals surface area contributed by atoms with Gasteiger partial charge in [-0.1, -0.05) is 6.08 Å². The van der Waals surface area contributed by atoms with Crippen molar-refractivity contribution < 1.29 is 37.0 Å². The van der Waals surface area contributed by atoms with Crippen LogP contribution in [0.5, 0.6) is 5.75 Å². The van der Waals surface area contributed by atoms with E-state index in [4.69, 9.17) is 14.2 Å². The van der Waals surface area contributed by atoms with Crippen molar-refractivity contribution in [3.05, 3.63) is 58.9 Å². The number of aryl methyl sites for hydroxylation is 1. The van der Waals surface area contributed by atoms with E-state index in [0.717, 1.165) is 23.3 Å². The van der Waals surface area contributed by atoms with Crippen LogP contribution in [0.15, 0.2) is 36.4 Å². The number of alkyl halides is 3. The summed E-state index contributed by atoms with van der Waals surface area (Å²) < 4.78 is 57.4. The molecule has 1 heterocycles. The number of amides is 1. The number of anilines is 2. The molecule has 1 aromatic heterocycles. The monoisotopic (exact) mass is 614 g/mol. The van der Waals surface area contributed by atoms with Gasteiger partial charge in [0.05, 0.1) is 37.3 Å². The molecule has 12 heteroatoms. The smallest absolute Gasteiger partial charge is 0.416 e. The number of esters is 1. The fourth-order valence-corrected chi connectivity index (χ4v) is 5.11. The summed E-state index contributed by atoms with van der Waals surface area (Å²) in [6.45, 7) is 8.41. The highest BCUT2D eigenvalue weighted by Crippen LogP contribution is 2.40. The zero-order chi connectivity index (χ0) is 32.4. The fraction of sp³-hybridized carbons (Fsp3) is 0.438. The summed E-state index contributed by atoms with van der Waals surface area (Å²) in [6, 6.07) is 6.41. The van der Waals surface area contributed by atoms with Gasteiger partial charge in [-0.25, -0.2) is 14.8 Å². The van der Waals surface area contributed by atoms with Crippen molar-refractivity contribution in [2.75, 3.05) is 24.9 Å². The molecule has 2 aromatic carbocycles. The van der Waals surface area contributed by atoms with Gasteiger partial charge in [0.1, 0.15) is 23.0 Å². The minimum atomic E-state index is -4.65. The normalized spacial score (nSPS) is 16.1. The second kappa shape index (κ2) is 12.7. The Bertz CT molecular complexity index is 1600. The second-order valence-corrected chi connectivity index (χ2v) is 11.7. The number of allylic oxidation sites excluding steroid dienone is 2. The van der Waals surface area contributed by atoms with Gasteiger partial charge in [-0.2, -0.15) is 13.2 Å². The summed E-state index contributed by atoms with van der Waals surface area (Å²) in [7, 11) is 2.94. The van der Waals surface area contributed by atoms with E-state index in [1.807, 2.05) is 12.1 Å². The van der Waals surface area contributed by atoms with Crippen molar-refractivity contribution in [1.29, 1.82) is 0 Å². The molecule has 0 aliphatic heterocycles. The van der Waals surface area contributed by atoms with E-state index >= 15 is 0 Å². The topological polar surface area (TPSA) is 112 Å². The van der Waals surface area contributed by atoms with Crippen molar-refractivity contribution in [3.8, 4) is 5.75 Å². The molecule has 1 amide bonds. The van der Waals surface area contributed by atoms with Crippen LogP contribution >= 0.6 is 0 Å². The molecule has 0 spiro atoms. The number of benzene rings is 2. The molecule has 0 radical (unpaired) electrons. The average molecular weight is 615 g/mol. The van der Waals surface area contributed by atoms with Crippen LogP contribution in [0.25, 0.3) is 16.5 Å². The molecule has 0 saturated carbocycles. The fourth-order valence-electron chi connectivity index (χ4n) is 5.11. The van der Waals surface area contributed by atoms with Crippen LogP contribution in [0, 0.1) is 12.8 Å². The van der Waals surface area contributed by atoms with Crippen LogP contribution in [0.4, 0.5) is 29.5 Å². The Balaban J connectivity index is 1.71. The van der Waals surface area contributed by atoms with Gasteiger partial charge in [0.2, 0.25) is 0 Å². The average Bonchev–Trinajstić information content (AvgIpc) is 2.94. The maximum atomic E-state index is 13.9. The van der Waals surface area contributed by atoms with Gasteiger partial charge >= 0.3 is 18.2 Å². The number of fused-ring (bicyclic) bond motifs is 1. The van der Waals surface area contributed by atoms with Crippen LogP contribution in [-0.2, 0) is 20.4 Å². The highest BCUT2D eigenvalue weighted by Gasteiger charge is 2.32. The number of rotatable bonds is 7. The Kier molecular flexibility index (Phi) is 9.41. The van der Waals surface area contributed by atoms with Crippen LogP contribution in [-0.4, -0.2) is 41.9 Å². The number of aromatic nitrogens is 2. The molecule has 0 fully saturated rings. The second-order valence-electron chi connectivity index (χ2n) is 11.7. The molecule has 1 aliphatic rings. The predicted molar refractivity (Wildman–Crippen MR) is 161 cm³/mol. The number of hydrogen-bond donors (Lipinski definition) is 2. The van der Waals surface area contributed by atoms with E-state index in [1.165, 1.54) is 13.2 Å². The van der Waals surface area contributed by atoms with E-state index in [0.29, 0.717) is 47.6 Å². The van der Waals surface area contributed by atoms with Gasteiger partial charge in [0, 0.05) is 22.7 Å². The Morgan fingerprint density at radius 1 is 1.05 bits per heavy atom. The number of hydrogen-bond acceptors (Lipinski definition) is 8. The summed E-state index contributed by atoms with van der Waals surface area (Å²) in [5.41, 5.74) is 0.880. The number of nitrogens with one attached hydrogen (secondary N) is 2. The van der Waals surface area contributed by atoms with Crippen molar-refractivity contribution in [2.24, 2.45) is 5.92 Å². The first-order valence-electron chi connectivity index (χ1n) is 14.2. The van der Waals surface area contributed by atoms with E-state index in [-0.39, 0.29) is 23.1 Å². The lowest BCUT2D eigenvalue weighted by Crippen LogP contribution is -2.27. The Hall–Kier alpha value is -4.35.